The molecule has 8 aromatic rings. The van der Waals surface area contributed by atoms with Gasteiger partial charge in [-0.05, 0) is 81.9 Å². The summed E-state index contributed by atoms with van der Waals surface area (Å²) < 4.78 is 6.29. The first-order valence-corrected chi connectivity index (χ1v) is 14.8. The van der Waals surface area contributed by atoms with E-state index in [0.717, 1.165) is 50.1 Å². The van der Waals surface area contributed by atoms with Crippen LogP contribution in [0, 0.1) is 0 Å². The van der Waals surface area contributed by atoms with Crippen molar-refractivity contribution in [2.75, 3.05) is 4.90 Å². The van der Waals surface area contributed by atoms with Gasteiger partial charge >= 0.3 is 0 Å². The molecule has 2 heterocycles. The molecule has 0 aliphatic heterocycles. The van der Waals surface area contributed by atoms with Crippen molar-refractivity contribution in [2.45, 2.75) is 0 Å². The van der Waals surface area contributed by atoms with Crippen LogP contribution in [-0.4, -0.2) is 4.98 Å². The molecule has 0 aliphatic carbocycles. The lowest BCUT2D eigenvalue weighted by Gasteiger charge is -2.27. The lowest BCUT2D eigenvalue weighted by Crippen LogP contribution is -2.10. The van der Waals surface area contributed by atoms with Crippen LogP contribution in [0.1, 0.15) is 0 Å². The molecule has 6 aromatic carbocycles. The summed E-state index contributed by atoms with van der Waals surface area (Å²) in [7, 11) is 0. The largest absolute Gasteiger partial charge is 0.454 e. The standard InChI is InChI=1S/C41H28N2O/c1-4-10-29(11-5-1)32-16-18-35(19-17-32)43(36-20-21-38-39-22-23-42-28-41(39)44-40(38)27-36)37-25-33(30-12-6-2-7-13-30)24-34(26-37)31-14-8-3-9-15-31/h1-28H. The van der Waals surface area contributed by atoms with Gasteiger partial charge in [-0.2, -0.15) is 0 Å². The van der Waals surface area contributed by atoms with Crippen molar-refractivity contribution >= 4 is 39.0 Å². The van der Waals surface area contributed by atoms with Crippen molar-refractivity contribution in [3.8, 4) is 33.4 Å². The summed E-state index contributed by atoms with van der Waals surface area (Å²) >= 11 is 0. The molecule has 44 heavy (non-hydrogen) atoms. The third-order valence-electron chi connectivity index (χ3n) is 8.14. The molecule has 3 nitrogen and oxygen atoms in total. The van der Waals surface area contributed by atoms with Crippen LogP contribution in [-0.2, 0) is 0 Å². The number of fused-ring (bicyclic) bond motifs is 3. The SMILES string of the molecule is c1ccc(-c2ccc(N(c3cc(-c4ccccc4)cc(-c4ccccc4)c3)c3ccc4c(c3)oc3cnccc34)cc2)cc1. The number of benzene rings is 6. The van der Waals surface area contributed by atoms with Crippen LogP contribution in [0.5, 0.6) is 0 Å². The molecular formula is C41H28N2O. The Morgan fingerprint density at radius 2 is 0.909 bits per heavy atom. The van der Waals surface area contributed by atoms with Crippen molar-refractivity contribution in [3.05, 3.63) is 170 Å². The maximum Gasteiger partial charge on any atom is 0.153 e. The zero-order valence-corrected chi connectivity index (χ0v) is 24.0. The molecule has 0 amide bonds. The van der Waals surface area contributed by atoms with Gasteiger partial charge in [0, 0.05) is 40.1 Å². The number of aromatic nitrogens is 1. The Hall–Kier alpha value is -5.93. The summed E-state index contributed by atoms with van der Waals surface area (Å²) in [5, 5.41) is 2.14. The molecule has 8 rings (SSSR count). The van der Waals surface area contributed by atoms with E-state index in [0.29, 0.717) is 0 Å². The average Bonchev–Trinajstić information content (AvgIpc) is 3.48. The predicted octanol–water partition coefficient (Wildman–Crippen LogP) is 11.5. The van der Waals surface area contributed by atoms with E-state index in [1.54, 1.807) is 6.20 Å². The second kappa shape index (κ2) is 11.0. The van der Waals surface area contributed by atoms with Crippen LogP contribution in [0.25, 0.3) is 55.3 Å². The molecule has 0 fully saturated rings. The van der Waals surface area contributed by atoms with Gasteiger partial charge in [-0.1, -0.05) is 103 Å². The molecule has 0 saturated carbocycles. The Labute approximate surface area is 256 Å². The molecule has 0 unspecified atom stereocenters. The highest BCUT2D eigenvalue weighted by molar-refractivity contribution is 6.06. The van der Waals surface area contributed by atoms with E-state index in [-0.39, 0.29) is 0 Å². The van der Waals surface area contributed by atoms with Gasteiger partial charge in [-0.25, -0.2) is 0 Å². The van der Waals surface area contributed by atoms with E-state index in [1.165, 1.54) is 22.3 Å². The van der Waals surface area contributed by atoms with Crippen LogP contribution < -0.4 is 4.90 Å². The number of rotatable bonds is 6. The van der Waals surface area contributed by atoms with Crippen molar-refractivity contribution in [2.24, 2.45) is 0 Å². The number of anilines is 3. The first kappa shape index (κ1) is 25.8. The molecule has 0 N–H and O–H groups in total. The fraction of sp³-hybridized carbons (Fsp3) is 0. The summed E-state index contributed by atoms with van der Waals surface area (Å²) in [5.74, 6) is 0. The highest BCUT2D eigenvalue weighted by atomic mass is 16.3. The Balaban J connectivity index is 1.34. The van der Waals surface area contributed by atoms with Gasteiger partial charge in [0.05, 0.1) is 6.20 Å². The van der Waals surface area contributed by atoms with Crippen LogP contribution >= 0.6 is 0 Å². The number of furan rings is 1. The van der Waals surface area contributed by atoms with E-state index < -0.39 is 0 Å². The smallest absolute Gasteiger partial charge is 0.153 e. The molecule has 0 radical (unpaired) electrons. The van der Waals surface area contributed by atoms with Gasteiger partial charge in [0.25, 0.3) is 0 Å². The average molecular weight is 565 g/mol. The molecule has 208 valence electrons. The quantitative estimate of drug-likeness (QED) is 0.201. The molecule has 0 atom stereocenters. The van der Waals surface area contributed by atoms with Gasteiger partial charge in [0.15, 0.2) is 5.58 Å². The van der Waals surface area contributed by atoms with Crippen molar-refractivity contribution in [1.29, 1.82) is 0 Å². The van der Waals surface area contributed by atoms with Crippen molar-refractivity contribution < 1.29 is 4.42 Å². The number of hydrogen-bond acceptors (Lipinski definition) is 3. The van der Waals surface area contributed by atoms with Gasteiger partial charge in [0.2, 0.25) is 0 Å². The Morgan fingerprint density at radius 1 is 0.386 bits per heavy atom. The maximum absolute atomic E-state index is 6.29. The molecule has 0 aliphatic rings. The summed E-state index contributed by atoms with van der Waals surface area (Å²) in [6, 6.07) is 55.8. The predicted molar refractivity (Wildman–Crippen MR) is 183 cm³/mol. The molecule has 0 bridgehead atoms. The van der Waals surface area contributed by atoms with Crippen LogP contribution in [0.2, 0.25) is 0 Å². The van der Waals surface area contributed by atoms with E-state index in [1.807, 2.05) is 18.3 Å². The maximum atomic E-state index is 6.29. The van der Waals surface area contributed by atoms with Gasteiger partial charge in [-0.3, -0.25) is 4.98 Å². The minimum absolute atomic E-state index is 0.788. The number of pyridine rings is 1. The van der Waals surface area contributed by atoms with E-state index >= 15 is 0 Å². The van der Waals surface area contributed by atoms with E-state index in [2.05, 4.69) is 155 Å². The van der Waals surface area contributed by atoms with Gasteiger partial charge in [0.1, 0.15) is 5.58 Å². The highest BCUT2D eigenvalue weighted by Gasteiger charge is 2.18. The minimum Gasteiger partial charge on any atom is -0.454 e. The Kier molecular flexibility index (Phi) is 6.47. The van der Waals surface area contributed by atoms with Crippen molar-refractivity contribution in [1.82, 2.24) is 4.98 Å². The fourth-order valence-corrected chi connectivity index (χ4v) is 5.97. The second-order valence-electron chi connectivity index (χ2n) is 10.9. The highest BCUT2D eigenvalue weighted by Crippen LogP contribution is 2.42. The number of hydrogen-bond donors (Lipinski definition) is 0. The molecule has 0 saturated heterocycles. The monoisotopic (exact) mass is 564 g/mol. The van der Waals surface area contributed by atoms with Crippen LogP contribution in [0.4, 0.5) is 17.1 Å². The molecular weight excluding hydrogens is 536 g/mol. The lowest BCUT2D eigenvalue weighted by molar-refractivity contribution is 0.667. The fourth-order valence-electron chi connectivity index (χ4n) is 5.97. The molecule has 0 spiro atoms. The van der Waals surface area contributed by atoms with Gasteiger partial charge in [-0.15, -0.1) is 0 Å². The third-order valence-corrected chi connectivity index (χ3v) is 8.14. The summed E-state index contributed by atoms with van der Waals surface area (Å²) in [6.07, 6.45) is 3.59. The zero-order valence-electron chi connectivity index (χ0n) is 24.0. The van der Waals surface area contributed by atoms with Crippen LogP contribution in [0.3, 0.4) is 0 Å². The van der Waals surface area contributed by atoms with Crippen LogP contribution in [0.15, 0.2) is 175 Å². The topological polar surface area (TPSA) is 29.3 Å². The number of nitrogens with zero attached hydrogens (tertiary/aromatic N) is 2. The van der Waals surface area contributed by atoms with Crippen molar-refractivity contribution in [3.63, 3.8) is 0 Å². The first-order valence-electron chi connectivity index (χ1n) is 14.8. The Morgan fingerprint density at radius 3 is 1.52 bits per heavy atom. The second-order valence-corrected chi connectivity index (χ2v) is 10.9. The van der Waals surface area contributed by atoms with Gasteiger partial charge < -0.3 is 9.32 Å². The molecule has 2 aromatic heterocycles. The van der Waals surface area contributed by atoms with E-state index in [4.69, 9.17) is 4.42 Å². The lowest BCUT2D eigenvalue weighted by atomic mass is 9.97. The Bertz CT molecular complexity index is 2150. The molecule has 3 heteroatoms. The third kappa shape index (κ3) is 4.81. The summed E-state index contributed by atoms with van der Waals surface area (Å²) in [5.41, 5.74) is 11.8. The van der Waals surface area contributed by atoms with E-state index in [9.17, 15) is 0 Å². The zero-order chi connectivity index (χ0) is 29.3. The summed E-state index contributed by atoms with van der Waals surface area (Å²) in [4.78, 5) is 6.58. The first-order chi connectivity index (χ1) is 21.8. The minimum atomic E-state index is 0.788. The summed E-state index contributed by atoms with van der Waals surface area (Å²) in [6.45, 7) is 0. The normalized spacial score (nSPS) is 11.2.